The highest BCUT2D eigenvalue weighted by molar-refractivity contribution is 7.13. The van der Waals surface area contributed by atoms with E-state index in [4.69, 9.17) is 20.3 Å². The van der Waals surface area contributed by atoms with Crippen molar-refractivity contribution in [3.05, 3.63) is 60.3 Å². The molecule has 35 heavy (non-hydrogen) atoms. The van der Waals surface area contributed by atoms with E-state index in [0.717, 1.165) is 45.9 Å². The van der Waals surface area contributed by atoms with Crippen molar-refractivity contribution in [1.82, 2.24) is 24.6 Å². The molecule has 3 aromatic heterocycles. The zero-order valence-electron chi connectivity index (χ0n) is 19.4. The summed E-state index contributed by atoms with van der Waals surface area (Å²) in [5.41, 5.74) is 8.73. The Bertz CT molecular complexity index is 1360. The van der Waals surface area contributed by atoms with E-state index < -0.39 is 0 Å². The maximum absolute atomic E-state index is 12.2. The van der Waals surface area contributed by atoms with Gasteiger partial charge in [0.15, 0.2) is 5.65 Å². The highest BCUT2D eigenvalue weighted by atomic mass is 32.1. The molecule has 9 nitrogen and oxygen atoms in total. The molecular weight excluding hydrogens is 464 g/mol. The summed E-state index contributed by atoms with van der Waals surface area (Å²) in [5, 5.41) is 7.72. The van der Waals surface area contributed by atoms with Crippen LogP contribution in [0.2, 0.25) is 0 Å². The fourth-order valence-electron chi connectivity index (χ4n) is 4.32. The minimum absolute atomic E-state index is 0.00367. The van der Waals surface area contributed by atoms with E-state index in [1.54, 1.807) is 23.3 Å². The van der Waals surface area contributed by atoms with Crippen LogP contribution in [0.5, 0.6) is 11.5 Å². The van der Waals surface area contributed by atoms with E-state index in [1.165, 1.54) is 12.4 Å². The topological polar surface area (TPSA) is 108 Å². The number of likely N-dealkylation sites (tertiary alicyclic amines) is 1. The Morgan fingerprint density at radius 1 is 1.29 bits per heavy atom. The van der Waals surface area contributed by atoms with E-state index >= 15 is 0 Å². The van der Waals surface area contributed by atoms with Crippen molar-refractivity contribution in [2.24, 2.45) is 0 Å². The standard InChI is InChI=1S/C25H26N6O3S/c1-3-21(32)30-10-4-5-17(12-30)31-25-22(24(26)27-15-28-25)23(29-31)20-11-16(14-35-20)13-34-19-8-6-18(33-2)7-9-19/h3,6-9,11,14-15,17H,1,4-5,10,12-13H2,2H3,(H2,26,27,28). The average molecular weight is 491 g/mol. The molecule has 1 aromatic carbocycles. The zero-order valence-corrected chi connectivity index (χ0v) is 20.2. The van der Waals surface area contributed by atoms with Gasteiger partial charge in [0.25, 0.3) is 0 Å². The first-order valence-corrected chi connectivity index (χ1v) is 12.2. The number of amides is 1. The lowest BCUT2D eigenvalue weighted by Gasteiger charge is -2.32. The third-order valence-electron chi connectivity index (χ3n) is 6.10. The number of carbonyl (C=O) groups is 1. The van der Waals surface area contributed by atoms with Crippen molar-refractivity contribution in [3.8, 4) is 22.1 Å². The summed E-state index contributed by atoms with van der Waals surface area (Å²) in [6.45, 7) is 5.31. The number of nitrogens with zero attached hydrogens (tertiary/aromatic N) is 5. The highest BCUT2D eigenvalue weighted by Gasteiger charge is 2.28. The number of anilines is 1. The van der Waals surface area contributed by atoms with E-state index in [1.807, 2.05) is 28.9 Å². The Kier molecular flexibility index (Phi) is 6.37. The number of nitrogens with two attached hydrogens (primary N) is 1. The summed E-state index contributed by atoms with van der Waals surface area (Å²) in [5.74, 6) is 1.87. The van der Waals surface area contributed by atoms with Crippen molar-refractivity contribution >= 4 is 34.1 Å². The molecule has 0 saturated carbocycles. The largest absolute Gasteiger partial charge is 0.497 e. The third-order valence-corrected chi connectivity index (χ3v) is 7.08. The minimum Gasteiger partial charge on any atom is -0.497 e. The number of methoxy groups -OCH3 is 1. The lowest BCUT2D eigenvalue weighted by atomic mass is 10.1. The van der Waals surface area contributed by atoms with Gasteiger partial charge in [0, 0.05) is 18.7 Å². The first-order valence-electron chi connectivity index (χ1n) is 11.3. The number of carbonyl (C=O) groups excluding carboxylic acids is 1. The number of aromatic nitrogens is 4. The van der Waals surface area contributed by atoms with Crippen molar-refractivity contribution in [2.75, 3.05) is 25.9 Å². The maximum Gasteiger partial charge on any atom is 0.246 e. The molecule has 180 valence electrons. The Hall–Kier alpha value is -3.92. The molecule has 1 fully saturated rings. The normalized spacial score (nSPS) is 15.8. The number of piperidine rings is 1. The van der Waals surface area contributed by atoms with Gasteiger partial charge < -0.3 is 20.1 Å². The molecule has 4 heterocycles. The van der Waals surface area contributed by atoms with Crippen LogP contribution >= 0.6 is 11.3 Å². The molecule has 1 aliphatic rings. The Morgan fingerprint density at radius 3 is 2.86 bits per heavy atom. The summed E-state index contributed by atoms with van der Waals surface area (Å²) >= 11 is 1.57. The fourth-order valence-corrected chi connectivity index (χ4v) is 5.21. The molecule has 4 aromatic rings. The molecule has 0 aliphatic carbocycles. The number of hydrogen-bond donors (Lipinski definition) is 1. The average Bonchev–Trinajstić information content (AvgIpc) is 3.53. The number of ether oxygens (including phenoxy) is 2. The van der Waals surface area contributed by atoms with Gasteiger partial charge in [-0.15, -0.1) is 11.3 Å². The van der Waals surface area contributed by atoms with Gasteiger partial charge >= 0.3 is 0 Å². The summed E-state index contributed by atoms with van der Waals surface area (Å²) in [4.78, 5) is 23.7. The Balaban J connectivity index is 1.42. The van der Waals surface area contributed by atoms with Crippen LogP contribution in [-0.2, 0) is 11.4 Å². The summed E-state index contributed by atoms with van der Waals surface area (Å²) < 4.78 is 13.0. The molecule has 0 bridgehead atoms. The van der Waals surface area contributed by atoms with Gasteiger partial charge in [-0.05, 0) is 54.6 Å². The Labute approximate surface area is 206 Å². The number of nitrogen functional groups attached to an aromatic ring is 1. The number of benzene rings is 1. The second-order valence-electron chi connectivity index (χ2n) is 8.32. The van der Waals surface area contributed by atoms with Gasteiger partial charge in [-0.25, -0.2) is 14.6 Å². The van der Waals surface area contributed by atoms with Crippen LogP contribution in [0.1, 0.15) is 24.4 Å². The number of thiophene rings is 1. The SMILES string of the molecule is C=CC(=O)N1CCCC(n2nc(-c3cc(COc4ccc(OC)cc4)cs3)c3c(N)ncnc32)C1. The van der Waals surface area contributed by atoms with Crippen LogP contribution in [0, 0.1) is 0 Å². The van der Waals surface area contributed by atoms with Crippen LogP contribution in [0.25, 0.3) is 21.6 Å². The minimum atomic E-state index is -0.0692. The maximum atomic E-state index is 12.2. The van der Waals surface area contributed by atoms with Crippen LogP contribution in [0.3, 0.4) is 0 Å². The fraction of sp³-hybridized carbons (Fsp3) is 0.280. The molecule has 1 amide bonds. The molecular formula is C25H26N6O3S. The smallest absolute Gasteiger partial charge is 0.246 e. The number of rotatable bonds is 7. The summed E-state index contributed by atoms with van der Waals surface area (Å²) in [6, 6.07) is 9.54. The molecule has 2 N–H and O–H groups in total. The number of fused-ring (bicyclic) bond motifs is 1. The first-order chi connectivity index (χ1) is 17.1. The van der Waals surface area contributed by atoms with Crippen molar-refractivity contribution in [2.45, 2.75) is 25.5 Å². The molecule has 0 spiro atoms. The van der Waals surface area contributed by atoms with Gasteiger partial charge in [0.05, 0.1) is 23.4 Å². The van der Waals surface area contributed by atoms with Crippen LogP contribution in [0.4, 0.5) is 5.82 Å². The Morgan fingerprint density at radius 2 is 2.09 bits per heavy atom. The third kappa shape index (κ3) is 4.57. The van der Waals surface area contributed by atoms with Crippen LogP contribution < -0.4 is 15.2 Å². The number of hydrogen-bond acceptors (Lipinski definition) is 8. The van der Waals surface area contributed by atoms with Crippen LogP contribution in [-0.4, -0.2) is 50.8 Å². The van der Waals surface area contributed by atoms with Gasteiger partial charge in [0.1, 0.15) is 35.9 Å². The molecule has 1 unspecified atom stereocenters. The quantitative estimate of drug-likeness (QED) is 0.389. The van der Waals surface area contributed by atoms with Gasteiger partial charge in [-0.2, -0.15) is 5.10 Å². The van der Waals surface area contributed by atoms with E-state index in [9.17, 15) is 4.79 Å². The molecule has 1 saturated heterocycles. The molecule has 0 radical (unpaired) electrons. The van der Waals surface area contributed by atoms with Gasteiger partial charge in [0.2, 0.25) is 5.91 Å². The predicted molar refractivity (Wildman–Crippen MR) is 135 cm³/mol. The van der Waals surface area contributed by atoms with E-state index in [2.05, 4.69) is 28.0 Å². The summed E-state index contributed by atoms with van der Waals surface area (Å²) in [6.07, 6.45) is 4.59. The highest BCUT2D eigenvalue weighted by Crippen LogP contribution is 2.36. The van der Waals surface area contributed by atoms with Crippen molar-refractivity contribution in [3.63, 3.8) is 0 Å². The second-order valence-corrected chi connectivity index (χ2v) is 9.23. The van der Waals surface area contributed by atoms with Crippen molar-refractivity contribution in [1.29, 1.82) is 0 Å². The summed E-state index contributed by atoms with van der Waals surface area (Å²) in [7, 11) is 1.64. The molecule has 10 heteroatoms. The van der Waals surface area contributed by atoms with E-state index in [-0.39, 0.29) is 11.9 Å². The lowest BCUT2D eigenvalue weighted by molar-refractivity contribution is -0.127. The molecule has 1 atom stereocenters. The van der Waals surface area contributed by atoms with Crippen molar-refractivity contribution < 1.29 is 14.3 Å². The van der Waals surface area contributed by atoms with Gasteiger partial charge in [-0.1, -0.05) is 6.58 Å². The van der Waals surface area contributed by atoms with Gasteiger partial charge in [-0.3, -0.25) is 4.79 Å². The monoisotopic (exact) mass is 490 g/mol. The first kappa shape index (κ1) is 22.9. The zero-order chi connectivity index (χ0) is 24.4. The lowest BCUT2D eigenvalue weighted by Crippen LogP contribution is -2.40. The predicted octanol–water partition coefficient (Wildman–Crippen LogP) is 4.07. The van der Waals surface area contributed by atoms with Crippen LogP contribution in [0.15, 0.2) is 54.7 Å². The molecule has 5 rings (SSSR count). The van der Waals surface area contributed by atoms with E-state index in [0.29, 0.717) is 31.2 Å². The molecule has 1 aliphatic heterocycles. The second kappa shape index (κ2) is 9.75.